The number of benzene rings is 2. The highest BCUT2D eigenvalue weighted by atomic mass is 16.5. The van der Waals surface area contributed by atoms with Gasteiger partial charge in [0.25, 0.3) is 5.91 Å². The van der Waals surface area contributed by atoms with Gasteiger partial charge in [-0.05, 0) is 36.8 Å². The number of carbonyl (C=O) groups excluding carboxylic acids is 1. The topological polar surface area (TPSA) is 84.7 Å². The number of hydrogen-bond donors (Lipinski definition) is 1. The summed E-state index contributed by atoms with van der Waals surface area (Å²) in [6.07, 6.45) is 3.34. The maximum Gasteiger partial charge on any atom is 0.254 e. The predicted molar refractivity (Wildman–Crippen MR) is 126 cm³/mol. The molecule has 2 aromatic carbocycles. The number of carbonyl (C=O) groups is 1. The smallest absolute Gasteiger partial charge is 0.254 e. The Morgan fingerprint density at radius 1 is 1.21 bits per heavy atom. The van der Waals surface area contributed by atoms with Gasteiger partial charge < -0.3 is 14.4 Å². The number of fused-ring (bicyclic) bond motifs is 1. The van der Waals surface area contributed by atoms with Crippen molar-refractivity contribution in [3.8, 4) is 22.8 Å². The maximum atomic E-state index is 13.2. The Morgan fingerprint density at radius 3 is 2.82 bits per heavy atom. The van der Waals surface area contributed by atoms with Crippen LogP contribution in [0.4, 0.5) is 5.69 Å². The lowest BCUT2D eigenvalue weighted by Crippen LogP contribution is -2.26. The molecule has 0 aliphatic heterocycles. The van der Waals surface area contributed by atoms with Gasteiger partial charge in [-0.3, -0.25) is 9.89 Å². The number of methoxy groups -OCH3 is 1. The summed E-state index contributed by atoms with van der Waals surface area (Å²) in [4.78, 5) is 22.6. The summed E-state index contributed by atoms with van der Waals surface area (Å²) in [7, 11) is 3.30. The lowest BCUT2D eigenvalue weighted by molar-refractivity contribution is 0.0785. The van der Waals surface area contributed by atoms with Crippen molar-refractivity contribution in [1.29, 1.82) is 0 Å². The van der Waals surface area contributed by atoms with Crippen molar-refractivity contribution in [3.63, 3.8) is 0 Å². The fourth-order valence-corrected chi connectivity index (χ4v) is 3.71. The molecule has 0 spiro atoms. The van der Waals surface area contributed by atoms with Gasteiger partial charge in [0.2, 0.25) is 5.88 Å². The Labute approximate surface area is 191 Å². The normalized spacial score (nSPS) is 10.6. The van der Waals surface area contributed by atoms with Crippen LogP contribution in [-0.2, 0) is 6.54 Å². The van der Waals surface area contributed by atoms with Crippen molar-refractivity contribution in [2.75, 3.05) is 20.8 Å². The Hall–Kier alpha value is -4.38. The van der Waals surface area contributed by atoms with E-state index in [9.17, 15) is 4.79 Å². The van der Waals surface area contributed by atoms with Gasteiger partial charge in [0.1, 0.15) is 5.75 Å². The van der Waals surface area contributed by atoms with Gasteiger partial charge in [-0.15, -0.1) is 0 Å². The zero-order valence-electron chi connectivity index (χ0n) is 18.6. The molecular weight excluding hydrogens is 418 g/mol. The second-order valence-electron chi connectivity index (χ2n) is 7.42. The molecule has 0 atom stereocenters. The molecule has 0 radical (unpaired) electrons. The van der Waals surface area contributed by atoms with Crippen LogP contribution >= 0.6 is 0 Å². The van der Waals surface area contributed by atoms with Crippen molar-refractivity contribution in [2.45, 2.75) is 13.5 Å². The van der Waals surface area contributed by atoms with E-state index in [0.717, 1.165) is 27.6 Å². The first-order valence-corrected chi connectivity index (χ1v) is 10.4. The third-order valence-corrected chi connectivity index (χ3v) is 5.29. The van der Waals surface area contributed by atoms with Gasteiger partial charge in [-0.25, -0.2) is 9.83 Å². The molecule has 0 aliphatic rings. The van der Waals surface area contributed by atoms with Crippen LogP contribution < -0.4 is 9.47 Å². The zero-order valence-corrected chi connectivity index (χ0v) is 18.6. The molecule has 166 valence electrons. The summed E-state index contributed by atoms with van der Waals surface area (Å²) in [5, 5.41) is 7.80. The summed E-state index contributed by atoms with van der Waals surface area (Å²) >= 11 is 0. The standard InChI is InChI=1S/C25H23N5O3/c1-5-33-22-12-17(9-10-20(22)16-7-6-8-19(11-16)26-2)25(31)30(3)15-18-13-27-24(32-4)21-14-28-29-23(18)21/h6-14H,5,15H2,1,3-4H3,(H,28,29). The molecule has 1 N–H and O–H groups in total. The molecule has 4 aromatic rings. The fourth-order valence-electron chi connectivity index (χ4n) is 3.71. The van der Waals surface area contributed by atoms with Crippen molar-refractivity contribution in [1.82, 2.24) is 20.1 Å². The number of nitrogens with zero attached hydrogens (tertiary/aromatic N) is 4. The SMILES string of the molecule is [C-]#[N+]c1cccc(-c2ccc(C(=O)N(C)Cc3cnc(OC)c4cn[nH]c34)cc2OCC)c1. The zero-order chi connectivity index (χ0) is 23.4. The van der Waals surface area contributed by atoms with Crippen molar-refractivity contribution in [3.05, 3.63) is 77.4 Å². The van der Waals surface area contributed by atoms with Gasteiger partial charge in [-0.1, -0.05) is 18.2 Å². The van der Waals surface area contributed by atoms with Crippen LogP contribution in [0.15, 0.2) is 54.9 Å². The largest absolute Gasteiger partial charge is 0.493 e. The molecule has 0 saturated heterocycles. The minimum atomic E-state index is -0.152. The monoisotopic (exact) mass is 441 g/mol. The van der Waals surface area contributed by atoms with Crippen LogP contribution in [0.5, 0.6) is 11.6 Å². The number of aromatic nitrogens is 3. The minimum Gasteiger partial charge on any atom is -0.493 e. The van der Waals surface area contributed by atoms with Crippen LogP contribution in [0.25, 0.3) is 26.9 Å². The van der Waals surface area contributed by atoms with E-state index < -0.39 is 0 Å². The number of aromatic amines is 1. The van der Waals surface area contributed by atoms with Crippen LogP contribution in [0, 0.1) is 6.57 Å². The summed E-state index contributed by atoms with van der Waals surface area (Å²) < 4.78 is 11.1. The number of H-pyrrole nitrogens is 1. The van der Waals surface area contributed by atoms with E-state index in [4.69, 9.17) is 16.0 Å². The fraction of sp³-hybridized carbons (Fsp3) is 0.200. The molecule has 0 saturated carbocycles. The highest BCUT2D eigenvalue weighted by Crippen LogP contribution is 2.33. The number of hydrogen-bond acceptors (Lipinski definition) is 5. The van der Waals surface area contributed by atoms with E-state index in [0.29, 0.717) is 36.0 Å². The van der Waals surface area contributed by atoms with Crippen molar-refractivity contribution >= 4 is 22.5 Å². The molecule has 2 heterocycles. The average Bonchev–Trinajstić information content (AvgIpc) is 3.34. The van der Waals surface area contributed by atoms with Crippen LogP contribution in [0.1, 0.15) is 22.8 Å². The van der Waals surface area contributed by atoms with Crippen molar-refractivity contribution in [2.24, 2.45) is 0 Å². The number of ether oxygens (including phenoxy) is 2. The number of amides is 1. The summed E-state index contributed by atoms with van der Waals surface area (Å²) in [5.74, 6) is 0.928. The molecule has 8 heteroatoms. The van der Waals surface area contributed by atoms with E-state index in [-0.39, 0.29) is 5.91 Å². The molecular formula is C25H23N5O3. The Morgan fingerprint density at radius 2 is 2.06 bits per heavy atom. The average molecular weight is 441 g/mol. The second kappa shape index (κ2) is 9.40. The summed E-state index contributed by atoms with van der Waals surface area (Å²) in [6.45, 7) is 9.95. The number of rotatable bonds is 7. The third-order valence-electron chi connectivity index (χ3n) is 5.29. The molecule has 4 rings (SSSR count). The minimum absolute atomic E-state index is 0.152. The lowest BCUT2D eigenvalue weighted by atomic mass is 10.0. The Balaban J connectivity index is 1.62. The second-order valence-corrected chi connectivity index (χ2v) is 7.42. The van der Waals surface area contributed by atoms with Gasteiger partial charge in [0.05, 0.1) is 37.4 Å². The first-order chi connectivity index (χ1) is 16.0. The molecule has 1 amide bonds. The maximum absolute atomic E-state index is 13.2. The molecule has 8 nitrogen and oxygen atoms in total. The molecule has 33 heavy (non-hydrogen) atoms. The van der Waals surface area contributed by atoms with E-state index in [1.807, 2.05) is 31.2 Å². The van der Waals surface area contributed by atoms with Gasteiger partial charge in [0.15, 0.2) is 5.69 Å². The highest BCUT2D eigenvalue weighted by molar-refractivity contribution is 5.96. The highest BCUT2D eigenvalue weighted by Gasteiger charge is 2.18. The molecule has 0 fully saturated rings. The van der Waals surface area contributed by atoms with Gasteiger partial charge in [0, 0.05) is 36.5 Å². The van der Waals surface area contributed by atoms with E-state index in [1.165, 1.54) is 0 Å². The molecule has 0 aliphatic carbocycles. The molecule has 2 aromatic heterocycles. The van der Waals surface area contributed by atoms with E-state index in [2.05, 4.69) is 20.0 Å². The first kappa shape index (κ1) is 21.8. The molecule has 0 unspecified atom stereocenters. The number of nitrogens with one attached hydrogen (secondary N) is 1. The van der Waals surface area contributed by atoms with Crippen LogP contribution in [0.3, 0.4) is 0 Å². The molecule has 0 bridgehead atoms. The van der Waals surface area contributed by atoms with Gasteiger partial charge in [-0.2, -0.15) is 5.10 Å². The Kier molecular flexibility index (Phi) is 6.22. The quantitative estimate of drug-likeness (QED) is 0.414. The van der Waals surface area contributed by atoms with Crippen LogP contribution in [0.2, 0.25) is 0 Å². The van der Waals surface area contributed by atoms with E-state index >= 15 is 0 Å². The van der Waals surface area contributed by atoms with Crippen molar-refractivity contribution < 1.29 is 14.3 Å². The number of pyridine rings is 1. The lowest BCUT2D eigenvalue weighted by Gasteiger charge is -2.19. The van der Waals surface area contributed by atoms with Crippen LogP contribution in [-0.4, -0.2) is 46.8 Å². The Bertz CT molecular complexity index is 1360. The van der Waals surface area contributed by atoms with Gasteiger partial charge >= 0.3 is 0 Å². The summed E-state index contributed by atoms with van der Waals surface area (Å²) in [5.41, 5.74) is 4.37. The summed E-state index contributed by atoms with van der Waals surface area (Å²) in [6, 6.07) is 12.7. The predicted octanol–water partition coefficient (Wildman–Crippen LogP) is 4.86. The third kappa shape index (κ3) is 4.34. The van der Waals surface area contributed by atoms with E-state index in [1.54, 1.807) is 49.7 Å². The first-order valence-electron chi connectivity index (χ1n) is 10.4.